The van der Waals surface area contributed by atoms with Crippen LogP contribution in [-0.2, 0) is 0 Å². The van der Waals surface area contributed by atoms with E-state index in [1.807, 2.05) is 13.0 Å². The third-order valence-electron chi connectivity index (χ3n) is 5.79. The van der Waals surface area contributed by atoms with E-state index >= 15 is 0 Å². The highest BCUT2D eigenvalue weighted by molar-refractivity contribution is 5.72. The fourth-order valence-electron chi connectivity index (χ4n) is 4.70. The Labute approximate surface area is 147 Å². The van der Waals surface area contributed by atoms with Crippen molar-refractivity contribution in [3.8, 4) is 5.75 Å². The largest absolute Gasteiger partial charge is 0.494 e. The van der Waals surface area contributed by atoms with Crippen molar-refractivity contribution >= 4 is 11.4 Å². The molecule has 4 atom stereocenters. The Hall–Kier alpha value is -2.30. The second-order valence-electron chi connectivity index (χ2n) is 7.16. The molecule has 3 aliphatic rings. The highest BCUT2D eigenvalue weighted by Crippen LogP contribution is 2.51. The Morgan fingerprint density at radius 3 is 2.88 bits per heavy atom. The minimum absolute atomic E-state index is 0.135. The first-order valence-electron chi connectivity index (χ1n) is 9.22. The third-order valence-corrected chi connectivity index (χ3v) is 5.79. The quantitative estimate of drug-likeness (QED) is 0.485. The molecule has 132 valence electrons. The van der Waals surface area contributed by atoms with Crippen molar-refractivity contribution in [2.24, 2.45) is 11.8 Å². The van der Waals surface area contributed by atoms with E-state index in [4.69, 9.17) is 4.74 Å². The van der Waals surface area contributed by atoms with Crippen LogP contribution in [0.25, 0.3) is 0 Å². The monoisotopic (exact) mass is 340 g/mol. The number of ether oxygens (including phenoxy) is 1. The van der Waals surface area contributed by atoms with Crippen LogP contribution < -0.4 is 10.1 Å². The summed E-state index contributed by atoms with van der Waals surface area (Å²) < 4.78 is 5.59. The van der Waals surface area contributed by atoms with E-state index in [9.17, 15) is 10.1 Å². The normalized spacial score (nSPS) is 29.6. The standard InChI is InChI=1S/C20H24N2O3/c1-2-25-14-11-17-15-9-6-10-16(15)19(13-7-4-3-5-8-13)21-20(17)18(12-14)22(23)24/h3-4,6,9,11-13,15-16,19,21H,2,5,7-8,10H2,1H3/t13-,15+,16-,19-/m1/s1. The van der Waals surface area contributed by atoms with E-state index in [1.165, 1.54) is 0 Å². The molecule has 1 aromatic carbocycles. The number of nitrogens with zero attached hydrogens (tertiary/aromatic N) is 1. The van der Waals surface area contributed by atoms with Crippen LogP contribution in [0.1, 0.15) is 44.1 Å². The number of nitro groups is 1. The summed E-state index contributed by atoms with van der Waals surface area (Å²) in [4.78, 5) is 11.4. The molecule has 5 nitrogen and oxygen atoms in total. The van der Waals surface area contributed by atoms with E-state index in [-0.39, 0.29) is 22.6 Å². The van der Waals surface area contributed by atoms with Crippen molar-refractivity contribution in [1.82, 2.24) is 0 Å². The molecule has 0 fully saturated rings. The average molecular weight is 340 g/mol. The van der Waals surface area contributed by atoms with Gasteiger partial charge in [0.25, 0.3) is 5.69 Å². The van der Waals surface area contributed by atoms with E-state index in [0.717, 1.165) is 31.2 Å². The minimum atomic E-state index is -0.287. The molecule has 4 rings (SSSR count). The summed E-state index contributed by atoms with van der Waals surface area (Å²) in [5, 5.41) is 15.3. The fourth-order valence-corrected chi connectivity index (χ4v) is 4.70. The number of nitrogens with one attached hydrogen (secondary N) is 1. The zero-order valence-corrected chi connectivity index (χ0v) is 14.5. The van der Waals surface area contributed by atoms with Crippen molar-refractivity contribution in [2.45, 2.75) is 44.6 Å². The SMILES string of the molecule is CCOc1cc2c(c([N+](=O)[O-])c1)N[C@H]([C@@H]1CC=CCC1)[C@@H]1CC=C[C@H]21. The molecule has 1 aromatic rings. The average Bonchev–Trinajstić information content (AvgIpc) is 3.11. The Bertz CT molecular complexity index is 741. The second-order valence-corrected chi connectivity index (χ2v) is 7.16. The number of rotatable bonds is 4. The highest BCUT2D eigenvalue weighted by atomic mass is 16.6. The maximum atomic E-state index is 11.7. The summed E-state index contributed by atoms with van der Waals surface area (Å²) in [6.07, 6.45) is 13.3. The van der Waals surface area contributed by atoms with E-state index < -0.39 is 0 Å². The van der Waals surface area contributed by atoms with Crippen LogP contribution in [0.4, 0.5) is 11.4 Å². The molecule has 0 saturated heterocycles. The Kier molecular flexibility index (Phi) is 4.24. The van der Waals surface area contributed by atoms with Crippen molar-refractivity contribution in [2.75, 3.05) is 11.9 Å². The van der Waals surface area contributed by atoms with Gasteiger partial charge in [0.1, 0.15) is 11.4 Å². The number of anilines is 1. The van der Waals surface area contributed by atoms with Gasteiger partial charge in [0.05, 0.1) is 17.6 Å². The predicted molar refractivity (Wildman–Crippen MR) is 98.1 cm³/mol. The van der Waals surface area contributed by atoms with E-state index in [1.54, 1.807) is 6.07 Å². The van der Waals surface area contributed by atoms with Gasteiger partial charge in [-0.15, -0.1) is 0 Å². The number of hydrogen-bond donors (Lipinski definition) is 1. The Morgan fingerprint density at radius 2 is 2.16 bits per heavy atom. The summed E-state index contributed by atoms with van der Waals surface area (Å²) in [6, 6.07) is 3.84. The summed E-state index contributed by atoms with van der Waals surface area (Å²) >= 11 is 0. The number of fused-ring (bicyclic) bond motifs is 3. The van der Waals surface area contributed by atoms with Crippen LogP contribution in [-0.4, -0.2) is 17.6 Å². The number of allylic oxidation sites excluding steroid dienone is 4. The molecule has 0 bridgehead atoms. The van der Waals surface area contributed by atoms with Gasteiger partial charge < -0.3 is 10.1 Å². The van der Waals surface area contributed by atoms with Gasteiger partial charge in [-0.3, -0.25) is 10.1 Å². The maximum Gasteiger partial charge on any atom is 0.296 e. The van der Waals surface area contributed by atoms with Crippen molar-refractivity contribution in [3.05, 3.63) is 52.1 Å². The van der Waals surface area contributed by atoms with Crippen LogP contribution in [0.2, 0.25) is 0 Å². The lowest BCUT2D eigenvalue weighted by Crippen LogP contribution is -2.42. The van der Waals surface area contributed by atoms with Crippen LogP contribution in [0.5, 0.6) is 5.75 Å². The van der Waals surface area contributed by atoms with E-state index in [2.05, 4.69) is 29.6 Å². The molecule has 5 heteroatoms. The number of hydrogen-bond acceptors (Lipinski definition) is 4. The first-order valence-corrected chi connectivity index (χ1v) is 9.22. The number of nitro benzene ring substituents is 1. The topological polar surface area (TPSA) is 64.4 Å². The van der Waals surface area contributed by atoms with Crippen LogP contribution >= 0.6 is 0 Å². The Morgan fingerprint density at radius 1 is 1.28 bits per heavy atom. The molecular formula is C20H24N2O3. The molecule has 0 radical (unpaired) electrons. The second kappa shape index (κ2) is 6.54. The van der Waals surface area contributed by atoms with Gasteiger partial charge >= 0.3 is 0 Å². The highest BCUT2D eigenvalue weighted by Gasteiger charge is 2.43. The molecular weight excluding hydrogens is 316 g/mol. The maximum absolute atomic E-state index is 11.7. The first-order chi connectivity index (χ1) is 12.2. The fraction of sp³-hybridized carbons (Fsp3) is 0.500. The summed E-state index contributed by atoms with van der Waals surface area (Å²) in [5.74, 6) is 1.84. The van der Waals surface area contributed by atoms with Crippen LogP contribution in [0.3, 0.4) is 0 Å². The van der Waals surface area contributed by atoms with Gasteiger partial charge in [0.15, 0.2) is 0 Å². The zero-order valence-electron chi connectivity index (χ0n) is 14.5. The first kappa shape index (κ1) is 16.2. The van der Waals surface area contributed by atoms with E-state index in [0.29, 0.717) is 29.9 Å². The summed E-state index contributed by atoms with van der Waals surface area (Å²) in [7, 11) is 0. The zero-order chi connectivity index (χ0) is 17.4. The van der Waals surface area contributed by atoms with Crippen LogP contribution in [0.15, 0.2) is 36.4 Å². The predicted octanol–water partition coefficient (Wildman–Crippen LogP) is 4.80. The molecule has 0 amide bonds. The Balaban J connectivity index is 1.78. The minimum Gasteiger partial charge on any atom is -0.494 e. The summed E-state index contributed by atoms with van der Waals surface area (Å²) in [6.45, 7) is 2.40. The molecule has 0 aromatic heterocycles. The third kappa shape index (κ3) is 2.81. The molecule has 0 unspecified atom stereocenters. The smallest absolute Gasteiger partial charge is 0.296 e. The lowest BCUT2D eigenvalue weighted by Gasteiger charge is -2.41. The van der Waals surface area contributed by atoms with Gasteiger partial charge in [-0.25, -0.2) is 0 Å². The van der Waals surface area contributed by atoms with Gasteiger partial charge in [0, 0.05) is 12.0 Å². The van der Waals surface area contributed by atoms with Crippen molar-refractivity contribution in [1.29, 1.82) is 0 Å². The molecule has 25 heavy (non-hydrogen) atoms. The summed E-state index contributed by atoms with van der Waals surface area (Å²) in [5.41, 5.74) is 1.84. The molecule has 2 aliphatic carbocycles. The van der Waals surface area contributed by atoms with Crippen molar-refractivity contribution in [3.63, 3.8) is 0 Å². The molecule has 1 aliphatic heterocycles. The lowest BCUT2D eigenvalue weighted by atomic mass is 9.72. The molecule has 0 saturated carbocycles. The van der Waals surface area contributed by atoms with Crippen LogP contribution in [0, 0.1) is 22.0 Å². The van der Waals surface area contributed by atoms with Gasteiger partial charge in [-0.1, -0.05) is 24.3 Å². The number of benzene rings is 1. The molecule has 1 N–H and O–H groups in total. The van der Waals surface area contributed by atoms with Gasteiger partial charge in [-0.05, 0) is 56.1 Å². The molecule has 1 heterocycles. The van der Waals surface area contributed by atoms with Gasteiger partial charge in [-0.2, -0.15) is 0 Å². The van der Waals surface area contributed by atoms with Gasteiger partial charge in [0.2, 0.25) is 0 Å². The van der Waals surface area contributed by atoms with Crippen molar-refractivity contribution < 1.29 is 9.66 Å². The molecule has 0 spiro atoms. The lowest BCUT2D eigenvalue weighted by molar-refractivity contribution is -0.384.